The summed E-state index contributed by atoms with van der Waals surface area (Å²) in [7, 11) is 1.33. The van der Waals surface area contributed by atoms with Crippen LogP contribution >= 0.6 is 0 Å². The molecule has 27 heavy (non-hydrogen) atoms. The summed E-state index contributed by atoms with van der Waals surface area (Å²) in [4.78, 5) is 32.2. The van der Waals surface area contributed by atoms with Crippen molar-refractivity contribution in [3.8, 4) is 0 Å². The number of carbonyl (C=O) groups is 2. The van der Waals surface area contributed by atoms with Crippen LogP contribution in [0.4, 0.5) is 11.4 Å². The molecule has 0 saturated carbocycles. The Kier molecular flexibility index (Phi) is 5.73. The molecule has 7 heteroatoms. The van der Waals surface area contributed by atoms with Crippen LogP contribution in [0.2, 0.25) is 0 Å². The summed E-state index contributed by atoms with van der Waals surface area (Å²) in [5, 5.41) is 5.90. The van der Waals surface area contributed by atoms with E-state index in [-0.39, 0.29) is 5.91 Å². The molecule has 0 atom stereocenters. The van der Waals surface area contributed by atoms with Gasteiger partial charge in [0.15, 0.2) is 0 Å². The quantitative estimate of drug-likeness (QED) is 0.655. The third kappa shape index (κ3) is 4.66. The average Bonchev–Trinajstić information content (AvgIpc) is 2.73. The van der Waals surface area contributed by atoms with Crippen molar-refractivity contribution in [3.63, 3.8) is 0 Å². The molecule has 1 amide bonds. The van der Waals surface area contributed by atoms with Crippen LogP contribution in [0.5, 0.6) is 0 Å². The van der Waals surface area contributed by atoms with E-state index in [1.54, 1.807) is 42.7 Å². The highest BCUT2D eigenvalue weighted by atomic mass is 16.5. The van der Waals surface area contributed by atoms with Crippen molar-refractivity contribution < 1.29 is 14.3 Å². The first-order valence-electron chi connectivity index (χ1n) is 8.25. The van der Waals surface area contributed by atoms with Gasteiger partial charge < -0.3 is 15.4 Å². The minimum atomic E-state index is -0.433. The van der Waals surface area contributed by atoms with Crippen molar-refractivity contribution in [3.05, 3.63) is 83.9 Å². The zero-order valence-corrected chi connectivity index (χ0v) is 14.7. The lowest BCUT2D eigenvalue weighted by Crippen LogP contribution is -2.23. The van der Waals surface area contributed by atoms with Crippen LogP contribution in [0.3, 0.4) is 0 Å². The number of amides is 1. The van der Waals surface area contributed by atoms with E-state index in [4.69, 9.17) is 4.74 Å². The summed E-state index contributed by atoms with van der Waals surface area (Å²) in [5.41, 5.74) is 2.86. The van der Waals surface area contributed by atoms with E-state index in [2.05, 4.69) is 20.6 Å². The molecule has 0 radical (unpaired) electrons. The fraction of sp³-hybridized carbons (Fsp3) is 0.100. The molecule has 1 aromatic carbocycles. The van der Waals surface area contributed by atoms with E-state index < -0.39 is 5.97 Å². The van der Waals surface area contributed by atoms with Crippen LogP contribution in [0, 0.1) is 0 Å². The number of rotatable bonds is 6. The molecule has 0 bridgehead atoms. The topological polar surface area (TPSA) is 93.2 Å². The molecular weight excluding hydrogens is 344 g/mol. The third-order valence-electron chi connectivity index (χ3n) is 3.78. The molecule has 0 saturated heterocycles. The largest absolute Gasteiger partial charge is 0.465 e. The van der Waals surface area contributed by atoms with E-state index in [0.717, 1.165) is 5.56 Å². The van der Waals surface area contributed by atoms with Gasteiger partial charge in [0.2, 0.25) is 0 Å². The van der Waals surface area contributed by atoms with Gasteiger partial charge in [-0.25, -0.2) is 9.78 Å². The van der Waals surface area contributed by atoms with Gasteiger partial charge in [-0.05, 0) is 35.9 Å². The Bertz CT molecular complexity index is 927. The van der Waals surface area contributed by atoms with Crippen molar-refractivity contribution >= 4 is 23.3 Å². The number of hydrogen-bond donors (Lipinski definition) is 2. The van der Waals surface area contributed by atoms with Gasteiger partial charge in [0, 0.05) is 18.9 Å². The monoisotopic (exact) mass is 362 g/mol. The fourth-order valence-electron chi connectivity index (χ4n) is 2.41. The number of benzene rings is 1. The number of aromatic nitrogens is 2. The van der Waals surface area contributed by atoms with Crippen molar-refractivity contribution in [1.29, 1.82) is 0 Å². The van der Waals surface area contributed by atoms with E-state index in [1.165, 1.54) is 13.3 Å². The van der Waals surface area contributed by atoms with Crippen LogP contribution in [0.25, 0.3) is 0 Å². The van der Waals surface area contributed by atoms with Crippen LogP contribution in [0.1, 0.15) is 26.4 Å². The highest BCUT2D eigenvalue weighted by molar-refractivity contribution is 5.96. The maximum Gasteiger partial charge on any atom is 0.339 e. The molecule has 3 aromatic rings. The first-order chi connectivity index (χ1) is 13.2. The maximum absolute atomic E-state index is 12.2. The molecule has 0 aliphatic carbocycles. The Balaban J connectivity index is 1.65. The number of pyridine rings is 2. The van der Waals surface area contributed by atoms with Crippen molar-refractivity contribution in [2.75, 3.05) is 12.4 Å². The van der Waals surface area contributed by atoms with Gasteiger partial charge in [-0.15, -0.1) is 0 Å². The predicted octanol–water partition coefficient (Wildman–Crippen LogP) is 2.94. The number of esters is 1. The van der Waals surface area contributed by atoms with Gasteiger partial charge in [-0.2, -0.15) is 0 Å². The SMILES string of the molecule is COC(=O)c1ccccc1Nc1ccc(C(=O)NCc2cccnc2)nc1. The smallest absolute Gasteiger partial charge is 0.339 e. The van der Waals surface area contributed by atoms with Crippen LogP contribution < -0.4 is 10.6 Å². The number of carbonyl (C=O) groups excluding carboxylic acids is 2. The Morgan fingerprint density at radius 1 is 1.04 bits per heavy atom. The van der Waals surface area contributed by atoms with E-state index in [0.29, 0.717) is 29.2 Å². The summed E-state index contributed by atoms with van der Waals surface area (Å²) in [6, 6.07) is 14.0. The second kappa shape index (κ2) is 8.57. The average molecular weight is 362 g/mol. The van der Waals surface area contributed by atoms with Crippen molar-refractivity contribution in [2.24, 2.45) is 0 Å². The Morgan fingerprint density at radius 3 is 2.59 bits per heavy atom. The lowest BCUT2D eigenvalue weighted by Gasteiger charge is -2.11. The van der Waals surface area contributed by atoms with E-state index >= 15 is 0 Å². The highest BCUT2D eigenvalue weighted by Crippen LogP contribution is 2.21. The Hall–Kier alpha value is -3.74. The summed E-state index contributed by atoms with van der Waals surface area (Å²) >= 11 is 0. The lowest BCUT2D eigenvalue weighted by molar-refractivity contribution is 0.0601. The number of anilines is 2. The molecule has 0 fully saturated rings. The predicted molar refractivity (Wildman–Crippen MR) is 101 cm³/mol. The minimum Gasteiger partial charge on any atom is -0.465 e. The molecular formula is C20H18N4O3. The van der Waals surface area contributed by atoms with Gasteiger partial charge in [0.05, 0.1) is 30.2 Å². The summed E-state index contributed by atoms with van der Waals surface area (Å²) in [6.07, 6.45) is 4.91. The first-order valence-corrected chi connectivity index (χ1v) is 8.25. The fourth-order valence-corrected chi connectivity index (χ4v) is 2.41. The van der Waals surface area contributed by atoms with Crippen molar-refractivity contribution in [1.82, 2.24) is 15.3 Å². The number of nitrogens with zero attached hydrogens (tertiary/aromatic N) is 2. The summed E-state index contributed by atoms with van der Waals surface area (Å²) in [5.74, 6) is -0.710. The van der Waals surface area contributed by atoms with Gasteiger partial charge in [0.1, 0.15) is 5.69 Å². The summed E-state index contributed by atoms with van der Waals surface area (Å²) < 4.78 is 4.78. The van der Waals surface area contributed by atoms with E-state index in [9.17, 15) is 9.59 Å². The molecule has 0 spiro atoms. The molecule has 136 valence electrons. The van der Waals surface area contributed by atoms with Gasteiger partial charge >= 0.3 is 5.97 Å². The molecule has 2 heterocycles. The third-order valence-corrected chi connectivity index (χ3v) is 3.78. The van der Waals surface area contributed by atoms with Crippen LogP contribution in [-0.4, -0.2) is 29.0 Å². The van der Waals surface area contributed by atoms with E-state index in [1.807, 2.05) is 18.2 Å². The molecule has 0 unspecified atom stereocenters. The molecule has 0 aliphatic rings. The molecule has 2 N–H and O–H groups in total. The van der Waals surface area contributed by atoms with Crippen LogP contribution in [0.15, 0.2) is 67.1 Å². The standard InChI is InChI=1S/C20H18N4O3/c1-27-20(26)16-6-2-3-7-17(16)24-15-8-9-18(22-13-15)19(25)23-12-14-5-4-10-21-11-14/h2-11,13,24H,12H2,1H3,(H,23,25). The van der Waals surface area contributed by atoms with Crippen LogP contribution in [-0.2, 0) is 11.3 Å². The highest BCUT2D eigenvalue weighted by Gasteiger charge is 2.12. The molecule has 3 rings (SSSR count). The minimum absolute atomic E-state index is 0.277. The second-order valence-corrected chi connectivity index (χ2v) is 5.64. The maximum atomic E-state index is 12.2. The molecule has 0 aliphatic heterocycles. The lowest BCUT2D eigenvalue weighted by atomic mass is 10.1. The first kappa shape index (κ1) is 18.1. The van der Waals surface area contributed by atoms with Crippen molar-refractivity contribution in [2.45, 2.75) is 6.54 Å². The Morgan fingerprint density at radius 2 is 1.89 bits per heavy atom. The van der Waals surface area contributed by atoms with Gasteiger partial charge in [-0.1, -0.05) is 18.2 Å². The van der Waals surface area contributed by atoms with Gasteiger partial charge in [-0.3, -0.25) is 9.78 Å². The number of nitrogens with one attached hydrogen (secondary N) is 2. The number of ether oxygens (including phenoxy) is 1. The number of para-hydroxylation sites is 1. The number of hydrogen-bond acceptors (Lipinski definition) is 6. The number of methoxy groups -OCH3 is 1. The normalized spacial score (nSPS) is 10.1. The molecule has 2 aromatic heterocycles. The zero-order chi connectivity index (χ0) is 19.1. The summed E-state index contributed by atoms with van der Waals surface area (Å²) in [6.45, 7) is 0.376. The zero-order valence-electron chi connectivity index (χ0n) is 14.7. The second-order valence-electron chi connectivity index (χ2n) is 5.64. The van der Waals surface area contributed by atoms with Gasteiger partial charge in [0.25, 0.3) is 5.91 Å². The molecule has 7 nitrogen and oxygen atoms in total. The Labute approximate surface area is 156 Å².